The van der Waals surface area contributed by atoms with Crippen LogP contribution < -0.4 is 10.6 Å². The maximum atomic E-state index is 13.1. The molecule has 1 aliphatic heterocycles. The third-order valence-corrected chi connectivity index (χ3v) is 8.72. The van der Waals surface area contributed by atoms with Crippen molar-refractivity contribution in [3.63, 3.8) is 0 Å². The Morgan fingerprint density at radius 2 is 1.53 bits per heavy atom. The number of hydrogen-bond acceptors (Lipinski definition) is 6. The summed E-state index contributed by atoms with van der Waals surface area (Å²) in [6.45, 7) is 6.86. The first kappa shape index (κ1) is 29.8. The number of carbonyl (C=O) groups is 2. The van der Waals surface area contributed by atoms with Crippen molar-refractivity contribution >= 4 is 21.8 Å². The highest BCUT2D eigenvalue weighted by Crippen LogP contribution is 2.21. The lowest BCUT2D eigenvalue weighted by Crippen LogP contribution is -2.53. The van der Waals surface area contributed by atoms with E-state index in [1.807, 2.05) is 44.2 Å². The number of rotatable bonds is 12. The average molecular weight is 546 g/mol. The van der Waals surface area contributed by atoms with Gasteiger partial charge in [-0.25, -0.2) is 8.42 Å². The van der Waals surface area contributed by atoms with Crippen molar-refractivity contribution in [1.29, 1.82) is 0 Å². The second kappa shape index (κ2) is 13.3. The molecule has 9 nitrogen and oxygen atoms in total. The van der Waals surface area contributed by atoms with Gasteiger partial charge in [0.2, 0.25) is 15.9 Å². The maximum absolute atomic E-state index is 13.1. The van der Waals surface area contributed by atoms with Crippen LogP contribution in [0.1, 0.15) is 49.5 Å². The number of aliphatic hydroxyl groups excluding tert-OH is 2. The van der Waals surface area contributed by atoms with Gasteiger partial charge >= 0.3 is 0 Å². The molecule has 0 spiro atoms. The van der Waals surface area contributed by atoms with Gasteiger partial charge in [-0.2, -0.15) is 4.31 Å². The zero-order valence-corrected chi connectivity index (χ0v) is 23.0. The molecule has 10 heteroatoms. The molecule has 4 unspecified atom stereocenters. The first-order chi connectivity index (χ1) is 18.0. The topological polar surface area (TPSA) is 136 Å². The van der Waals surface area contributed by atoms with Crippen LogP contribution in [0.5, 0.6) is 0 Å². The highest BCUT2D eigenvalue weighted by Gasteiger charge is 2.35. The maximum Gasteiger partial charge on any atom is 0.251 e. The van der Waals surface area contributed by atoms with Crippen LogP contribution in [-0.4, -0.2) is 72.6 Å². The molecule has 2 aromatic rings. The quantitative estimate of drug-likeness (QED) is 0.322. The smallest absolute Gasteiger partial charge is 0.251 e. The van der Waals surface area contributed by atoms with Gasteiger partial charge in [0, 0.05) is 25.2 Å². The summed E-state index contributed by atoms with van der Waals surface area (Å²) in [5.74, 6) is -1.59. The van der Waals surface area contributed by atoms with Crippen LogP contribution in [0.3, 0.4) is 0 Å². The number of hydrogen-bond donors (Lipinski definition) is 4. The summed E-state index contributed by atoms with van der Waals surface area (Å²) in [5, 5.41) is 27.5. The fourth-order valence-electron chi connectivity index (χ4n) is 4.39. The standard InChI is InChI=1S/C28H39N3O6S/c1-19(2)18-29-27(34)20(3)25(32)26(33)24(17-21-9-5-4-6-10-21)30-28(35)22-11-13-23(14-12-22)38(36,37)31-15-7-8-16-31/h4-6,9-14,19-20,24-26,32-33H,7-8,15-18H2,1-3H3,(H,29,34)(H,30,35). The minimum Gasteiger partial charge on any atom is -0.390 e. The summed E-state index contributed by atoms with van der Waals surface area (Å²) < 4.78 is 27.0. The van der Waals surface area contributed by atoms with E-state index in [0.29, 0.717) is 19.6 Å². The fraction of sp³-hybridized carbons (Fsp3) is 0.500. The predicted octanol–water partition coefficient (Wildman–Crippen LogP) is 1.94. The number of aliphatic hydroxyl groups is 2. The van der Waals surface area contributed by atoms with Crippen molar-refractivity contribution in [3.8, 4) is 0 Å². The summed E-state index contributed by atoms with van der Waals surface area (Å²) in [5.41, 5.74) is 1.04. The lowest BCUT2D eigenvalue weighted by Gasteiger charge is -2.30. The van der Waals surface area contributed by atoms with E-state index in [1.165, 1.54) is 35.5 Å². The van der Waals surface area contributed by atoms with Gasteiger partial charge in [-0.3, -0.25) is 9.59 Å². The lowest BCUT2D eigenvalue weighted by atomic mass is 9.90. The Hall–Kier alpha value is -2.79. The number of benzene rings is 2. The highest BCUT2D eigenvalue weighted by atomic mass is 32.2. The van der Waals surface area contributed by atoms with Crippen molar-refractivity contribution < 1.29 is 28.2 Å². The SMILES string of the molecule is CC(C)CNC(=O)C(C)C(O)C(O)C(Cc1ccccc1)NC(=O)c1ccc(S(=O)(=O)N2CCCC2)cc1. The normalized spacial score (nSPS) is 17.5. The molecule has 1 heterocycles. The van der Waals surface area contributed by atoms with Crippen molar-refractivity contribution in [2.75, 3.05) is 19.6 Å². The molecular weight excluding hydrogens is 506 g/mol. The molecule has 0 aromatic heterocycles. The highest BCUT2D eigenvalue weighted by molar-refractivity contribution is 7.89. The van der Waals surface area contributed by atoms with Gasteiger partial charge < -0.3 is 20.8 Å². The Morgan fingerprint density at radius 3 is 2.11 bits per heavy atom. The summed E-state index contributed by atoms with van der Waals surface area (Å²) in [4.78, 5) is 25.8. The molecule has 4 atom stereocenters. The number of carbonyl (C=O) groups excluding carboxylic acids is 2. The molecule has 0 bridgehead atoms. The van der Waals surface area contributed by atoms with E-state index in [0.717, 1.165) is 18.4 Å². The van der Waals surface area contributed by atoms with Gasteiger partial charge in [0.15, 0.2) is 0 Å². The van der Waals surface area contributed by atoms with Gasteiger partial charge in [-0.1, -0.05) is 51.1 Å². The van der Waals surface area contributed by atoms with Crippen molar-refractivity contribution in [1.82, 2.24) is 14.9 Å². The molecule has 208 valence electrons. The number of sulfonamides is 1. The Labute approximate surface area is 225 Å². The minimum atomic E-state index is -3.61. The van der Waals surface area contributed by atoms with Crippen LogP contribution in [0.25, 0.3) is 0 Å². The van der Waals surface area contributed by atoms with Gasteiger partial charge in [0.1, 0.15) is 6.10 Å². The van der Waals surface area contributed by atoms with E-state index in [-0.39, 0.29) is 28.7 Å². The average Bonchev–Trinajstić information content (AvgIpc) is 3.47. The van der Waals surface area contributed by atoms with Crippen molar-refractivity contribution in [2.24, 2.45) is 11.8 Å². The van der Waals surface area contributed by atoms with Gasteiger partial charge in [0.05, 0.1) is 23.0 Å². The number of amides is 2. The Morgan fingerprint density at radius 1 is 0.921 bits per heavy atom. The summed E-state index contributed by atoms with van der Waals surface area (Å²) in [6.07, 6.45) is -0.992. The van der Waals surface area contributed by atoms with Gasteiger partial charge in [0.25, 0.3) is 5.91 Å². The zero-order chi connectivity index (χ0) is 27.9. The number of nitrogens with zero attached hydrogens (tertiary/aromatic N) is 1. The van der Waals surface area contributed by atoms with Crippen LogP contribution in [0, 0.1) is 11.8 Å². The molecule has 0 radical (unpaired) electrons. The summed E-state index contributed by atoms with van der Waals surface area (Å²) in [6, 6.07) is 14.0. The van der Waals surface area contributed by atoms with E-state index in [2.05, 4.69) is 10.6 Å². The second-order valence-electron chi connectivity index (χ2n) is 10.3. The van der Waals surface area contributed by atoms with Gasteiger partial charge in [-0.05, 0) is 55.0 Å². The minimum absolute atomic E-state index is 0.119. The van der Waals surface area contributed by atoms with Crippen LogP contribution in [0.4, 0.5) is 0 Å². The molecule has 2 aromatic carbocycles. The first-order valence-electron chi connectivity index (χ1n) is 13.1. The summed E-state index contributed by atoms with van der Waals surface area (Å²) in [7, 11) is -3.61. The Bertz CT molecular complexity index is 1160. The van der Waals surface area contributed by atoms with Gasteiger partial charge in [-0.15, -0.1) is 0 Å². The fourth-order valence-corrected chi connectivity index (χ4v) is 5.90. The van der Waals surface area contributed by atoms with E-state index < -0.39 is 40.1 Å². The van der Waals surface area contributed by atoms with Crippen molar-refractivity contribution in [2.45, 2.75) is 63.2 Å². The summed E-state index contributed by atoms with van der Waals surface area (Å²) >= 11 is 0. The van der Waals surface area contributed by atoms with E-state index in [9.17, 15) is 28.2 Å². The third-order valence-electron chi connectivity index (χ3n) is 6.81. The third kappa shape index (κ3) is 7.63. The van der Waals surface area contributed by atoms with Crippen LogP contribution >= 0.6 is 0 Å². The first-order valence-corrected chi connectivity index (χ1v) is 14.5. The molecule has 3 rings (SSSR count). The lowest BCUT2D eigenvalue weighted by molar-refractivity contribution is -0.131. The Kier molecular flexibility index (Phi) is 10.4. The molecule has 1 aliphatic rings. The Balaban J connectivity index is 1.75. The van der Waals surface area contributed by atoms with Crippen LogP contribution in [0.15, 0.2) is 59.5 Å². The zero-order valence-electron chi connectivity index (χ0n) is 22.2. The molecule has 4 N–H and O–H groups in total. The number of nitrogens with one attached hydrogen (secondary N) is 2. The molecule has 1 saturated heterocycles. The van der Waals surface area contributed by atoms with E-state index >= 15 is 0 Å². The van der Waals surface area contributed by atoms with E-state index in [1.54, 1.807) is 0 Å². The molecular formula is C28H39N3O6S. The second-order valence-corrected chi connectivity index (χ2v) is 12.3. The predicted molar refractivity (Wildman–Crippen MR) is 145 cm³/mol. The molecule has 0 aliphatic carbocycles. The van der Waals surface area contributed by atoms with Crippen LogP contribution in [0.2, 0.25) is 0 Å². The molecule has 1 fully saturated rings. The van der Waals surface area contributed by atoms with Crippen LogP contribution in [-0.2, 0) is 21.2 Å². The van der Waals surface area contributed by atoms with E-state index in [4.69, 9.17) is 0 Å². The molecule has 2 amide bonds. The molecule has 0 saturated carbocycles. The largest absolute Gasteiger partial charge is 0.390 e. The monoisotopic (exact) mass is 545 g/mol. The van der Waals surface area contributed by atoms with Crippen molar-refractivity contribution in [3.05, 3.63) is 65.7 Å². The molecule has 38 heavy (non-hydrogen) atoms.